The normalized spacial score (nSPS) is 14.2. The monoisotopic (exact) mass is 406 g/mol. The molecule has 1 aliphatic rings. The van der Waals surface area contributed by atoms with Gasteiger partial charge in [-0.1, -0.05) is 64.6 Å². The van der Waals surface area contributed by atoms with Gasteiger partial charge in [0, 0.05) is 18.0 Å². The van der Waals surface area contributed by atoms with E-state index in [9.17, 15) is 9.59 Å². The SMILES string of the molecule is Cc1ccc([C@@H](C(=O)NCc2ccccc2)N(C(=O)c2csnn2)C2CC2)cc1. The lowest BCUT2D eigenvalue weighted by Crippen LogP contribution is -2.45. The van der Waals surface area contributed by atoms with Crippen LogP contribution in [0, 0.1) is 6.92 Å². The number of rotatable bonds is 7. The second-order valence-electron chi connectivity index (χ2n) is 7.25. The predicted molar refractivity (Wildman–Crippen MR) is 111 cm³/mol. The highest BCUT2D eigenvalue weighted by atomic mass is 32.1. The summed E-state index contributed by atoms with van der Waals surface area (Å²) < 4.78 is 3.81. The second kappa shape index (κ2) is 8.53. The van der Waals surface area contributed by atoms with Crippen molar-refractivity contribution in [3.05, 3.63) is 82.4 Å². The molecule has 1 N–H and O–H groups in total. The topological polar surface area (TPSA) is 75.2 Å². The van der Waals surface area contributed by atoms with Crippen LogP contribution in [0.3, 0.4) is 0 Å². The number of hydrogen-bond acceptors (Lipinski definition) is 5. The van der Waals surface area contributed by atoms with Crippen LogP contribution >= 0.6 is 11.5 Å². The molecule has 4 rings (SSSR count). The fourth-order valence-electron chi connectivity index (χ4n) is 3.31. The standard InChI is InChI=1S/C22H22N4O2S/c1-15-7-9-17(10-8-15)20(21(27)23-13-16-5-3-2-4-6-16)26(18-11-12-18)22(28)19-14-29-25-24-19/h2-10,14,18,20H,11-13H2,1H3,(H,23,27)/t20-/m0/s1. The minimum Gasteiger partial charge on any atom is -0.350 e. The van der Waals surface area contributed by atoms with E-state index in [-0.39, 0.29) is 23.6 Å². The first-order chi connectivity index (χ1) is 14.1. The lowest BCUT2D eigenvalue weighted by molar-refractivity contribution is -0.126. The highest BCUT2D eigenvalue weighted by Crippen LogP contribution is 2.36. The van der Waals surface area contributed by atoms with E-state index in [0.29, 0.717) is 6.54 Å². The van der Waals surface area contributed by atoms with E-state index in [0.717, 1.165) is 41.1 Å². The summed E-state index contributed by atoms with van der Waals surface area (Å²) in [6, 6.07) is 16.8. The van der Waals surface area contributed by atoms with Gasteiger partial charge in [0.2, 0.25) is 5.91 Å². The molecule has 148 valence electrons. The average molecular weight is 407 g/mol. The van der Waals surface area contributed by atoms with E-state index in [2.05, 4.69) is 14.9 Å². The van der Waals surface area contributed by atoms with E-state index in [4.69, 9.17) is 0 Å². The van der Waals surface area contributed by atoms with Gasteiger partial charge in [-0.05, 0) is 42.4 Å². The summed E-state index contributed by atoms with van der Waals surface area (Å²) in [6.07, 6.45) is 1.77. The number of aryl methyl sites for hydroxylation is 1. The molecular formula is C22H22N4O2S. The van der Waals surface area contributed by atoms with Crippen molar-refractivity contribution in [1.29, 1.82) is 0 Å². The Labute approximate surface area is 173 Å². The van der Waals surface area contributed by atoms with Gasteiger partial charge in [-0.3, -0.25) is 9.59 Å². The molecule has 1 heterocycles. The van der Waals surface area contributed by atoms with Crippen molar-refractivity contribution in [3.63, 3.8) is 0 Å². The van der Waals surface area contributed by atoms with Crippen LogP contribution in [0.2, 0.25) is 0 Å². The summed E-state index contributed by atoms with van der Waals surface area (Å²) >= 11 is 1.13. The van der Waals surface area contributed by atoms with Crippen LogP contribution in [-0.2, 0) is 11.3 Å². The number of carbonyl (C=O) groups is 2. The summed E-state index contributed by atoms with van der Waals surface area (Å²) in [5.41, 5.74) is 3.20. The van der Waals surface area contributed by atoms with Crippen LogP contribution < -0.4 is 5.32 Å². The van der Waals surface area contributed by atoms with Gasteiger partial charge in [0.05, 0.1) is 0 Å². The molecule has 0 radical (unpaired) electrons. The van der Waals surface area contributed by atoms with Crippen molar-refractivity contribution in [2.45, 2.75) is 38.4 Å². The highest BCUT2D eigenvalue weighted by Gasteiger charge is 2.42. The summed E-state index contributed by atoms with van der Waals surface area (Å²) in [7, 11) is 0. The molecular weight excluding hydrogens is 384 g/mol. The third-order valence-electron chi connectivity index (χ3n) is 4.98. The lowest BCUT2D eigenvalue weighted by Gasteiger charge is -2.31. The summed E-state index contributed by atoms with van der Waals surface area (Å²) in [4.78, 5) is 28.2. The van der Waals surface area contributed by atoms with Crippen LogP contribution in [0.4, 0.5) is 0 Å². The van der Waals surface area contributed by atoms with Crippen molar-refractivity contribution in [3.8, 4) is 0 Å². The molecule has 0 saturated heterocycles. The summed E-state index contributed by atoms with van der Waals surface area (Å²) in [6.45, 7) is 2.41. The molecule has 2 aromatic carbocycles. The van der Waals surface area contributed by atoms with E-state index in [1.807, 2.05) is 61.5 Å². The Morgan fingerprint density at radius 2 is 1.86 bits per heavy atom. The zero-order valence-electron chi connectivity index (χ0n) is 16.1. The largest absolute Gasteiger partial charge is 0.350 e. The van der Waals surface area contributed by atoms with Crippen molar-refractivity contribution in [1.82, 2.24) is 19.8 Å². The molecule has 1 aliphatic carbocycles. The van der Waals surface area contributed by atoms with Crippen molar-refractivity contribution in [2.24, 2.45) is 0 Å². The maximum Gasteiger partial charge on any atom is 0.276 e. The summed E-state index contributed by atoms with van der Waals surface area (Å²) in [5.74, 6) is -0.442. The highest BCUT2D eigenvalue weighted by molar-refractivity contribution is 7.03. The van der Waals surface area contributed by atoms with Crippen molar-refractivity contribution >= 4 is 23.3 Å². The average Bonchev–Trinajstić information content (AvgIpc) is 3.43. The minimum atomic E-state index is -0.707. The lowest BCUT2D eigenvalue weighted by atomic mass is 10.0. The first-order valence-electron chi connectivity index (χ1n) is 9.61. The number of nitrogens with one attached hydrogen (secondary N) is 1. The quantitative estimate of drug-likeness (QED) is 0.652. The number of hydrogen-bond donors (Lipinski definition) is 1. The van der Waals surface area contributed by atoms with E-state index >= 15 is 0 Å². The fourth-order valence-corrected chi connectivity index (χ4v) is 3.74. The van der Waals surface area contributed by atoms with Gasteiger partial charge in [-0.15, -0.1) is 5.10 Å². The van der Waals surface area contributed by atoms with E-state index in [1.54, 1.807) is 10.3 Å². The Bertz CT molecular complexity index is 970. The Morgan fingerprint density at radius 1 is 1.14 bits per heavy atom. The minimum absolute atomic E-state index is 0.0398. The van der Waals surface area contributed by atoms with Gasteiger partial charge in [-0.25, -0.2) is 0 Å². The predicted octanol–water partition coefficient (Wildman–Crippen LogP) is 3.51. The molecule has 7 heteroatoms. The third kappa shape index (κ3) is 4.51. The second-order valence-corrected chi connectivity index (χ2v) is 7.86. The maximum absolute atomic E-state index is 13.3. The molecule has 0 bridgehead atoms. The molecule has 3 aromatic rings. The Hall–Kier alpha value is -3.06. The van der Waals surface area contributed by atoms with Crippen LogP contribution in [0.15, 0.2) is 60.0 Å². The smallest absolute Gasteiger partial charge is 0.276 e. The van der Waals surface area contributed by atoms with Gasteiger partial charge in [0.1, 0.15) is 6.04 Å². The molecule has 6 nitrogen and oxygen atoms in total. The van der Waals surface area contributed by atoms with Gasteiger partial charge >= 0.3 is 0 Å². The molecule has 1 saturated carbocycles. The van der Waals surface area contributed by atoms with E-state index in [1.165, 1.54) is 0 Å². The molecule has 0 aliphatic heterocycles. The number of amides is 2. The number of benzene rings is 2. The Kier molecular flexibility index (Phi) is 5.67. The van der Waals surface area contributed by atoms with Crippen LogP contribution in [-0.4, -0.2) is 32.3 Å². The fraction of sp³-hybridized carbons (Fsp3) is 0.273. The van der Waals surface area contributed by atoms with Crippen LogP contribution in [0.25, 0.3) is 0 Å². The third-order valence-corrected chi connectivity index (χ3v) is 5.49. The summed E-state index contributed by atoms with van der Waals surface area (Å²) in [5, 5.41) is 8.58. The van der Waals surface area contributed by atoms with E-state index < -0.39 is 6.04 Å². The number of aromatic nitrogens is 2. The molecule has 2 amide bonds. The van der Waals surface area contributed by atoms with Gasteiger partial charge in [0.25, 0.3) is 5.91 Å². The maximum atomic E-state index is 13.3. The number of carbonyl (C=O) groups excluding carboxylic acids is 2. The van der Waals surface area contributed by atoms with Crippen LogP contribution in [0.1, 0.15) is 46.1 Å². The molecule has 0 unspecified atom stereocenters. The number of nitrogens with zero attached hydrogens (tertiary/aromatic N) is 3. The molecule has 29 heavy (non-hydrogen) atoms. The van der Waals surface area contributed by atoms with Gasteiger partial charge in [-0.2, -0.15) is 0 Å². The first kappa shape index (κ1) is 19.3. The Balaban J connectivity index is 1.64. The van der Waals surface area contributed by atoms with Gasteiger partial charge < -0.3 is 10.2 Å². The molecule has 1 aromatic heterocycles. The zero-order valence-corrected chi connectivity index (χ0v) is 16.9. The zero-order chi connectivity index (χ0) is 20.2. The molecule has 0 spiro atoms. The van der Waals surface area contributed by atoms with Crippen molar-refractivity contribution in [2.75, 3.05) is 0 Å². The van der Waals surface area contributed by atoms with Gasteiger partial charge in [0.15, 0.2) is 5.69 Å². The van der Waals surface area contributed by atoms with Crippen LogP contribution in [0.5, 0.6) is 0 Å². The van der Waals surface area contributed by atoms with Crippen molar-refractivity contribution < 1.29 is 9.59 Å². The Morgan fingerprint density at radius 3 is 2.48 bits per heavy atom. The molecule has 1 fully saturated rings. The first-order valence-corrected chi connectivity index (χ1v) is 10.4. The molecule has 1 atom stereocenters.